The molecule has 8 heteroatoms. The van der Waals surface area contributed by atoms with Gasteiger partial charge in [-0.15, -0.1) is 5.10 Å². The van der Waals surface area contributed by atoms with Crippen LogP contribution < -0.4 is 5.32 Å². The van der Waals surface area contributed by atoms with E-state index in [0.717, 1.165) is 16.9 Å². The highest BCUT2D eigenvalue weighted by molar-refractivity contribution is 7.98. The lowest BCUT2D eigenvalue weighted by molar-refractivity contribution is -0.119. The van der Waals surface area contributed by atoms with Crippen LogP contribution in [0.2, 0.25) is 0 Å². The van der Waals surface area contributed by atoms with Crippen molar-refractivity contribution in [2.45, 2.75) is 12.5 Å². The third kappa shape index (κ3) is 4.45. The van der Waals surface area contributed by atoms with Crippen molar-refractivity contribution >= 4 is 23.4 Å². The van der Waals surface area contributed by atoms with Gasteiger partial charge in [0.1, 0.15) is 18.2 Å². The van der Waals surface area contributed by atoms with Gasteiger partial charge in [-0.3, -0.25) is 4.79 Å². The lowest BCUT2D eigenvalue weighted by Gasteiger charge is -2.16. The van der Waals surface area contributed by atoms with Gasteiger partial charge in [0.05, 0.1) is 0 Å². The first kappa shape index (κ1) is 18.1. The number of benzene rings is 2. The maximum absolute atomic E-state index is 13.4. The molecule has 2 aromatic carbocycles. The first-order valence-electron chi connectivity index (χ1n) is 8.05. The van der Waals surface area contributed by atoms with Crippen LogP contribution in [-0.2, 0) is 4.79 Å². The van der Waals surface area contributed by atoms with E-state index in [1.165, 1.54) is 23.1 Å². The van der Waals surface area contributed by atoms with E-state index in [-0.39, 0.29) is 11.7 Å². The van der Waals surface area contributed by atoms with Crippen molar-refractivity contribution in [3.05, 3.63) is 60.7 Å². The van der Waals surface area contributed by atoms with Crippen LogP contribution in [0.4, 0.5) is 10.1 Å². The molecule has 134 valence electrons. The van der Waals surface area contributed by atoms with Crippen molar-refractivity contribution in [2.24, 2.45) is 0 Å². The number of amides is 1. The summed E-state index contributed by atoms with van der Waals surface area (Å²) in [6.07, 6.45) is 4.05. The van der Waals surface area contributed by atoms with Crippen molar-refractivity contribution in [2.75, 3.05) is 17.3 Å². The molecule has 0 saturated carbocycles. The first-order chi connectivity index (χ1) is 12.7. The molecule has 0 aliphatic heterocycles. The molecule has 0 aliphatic rings. The summed E-state index contributed by atoms with van der Waals surface area (Å²) in [5.41, 5.74) is 2.33. The number of aromatic nitrogens is 4. The van der Waals surface area contributed by atoms with Crippen LogP contribution in [0.3, 0.4) is 0 Å². The average molecular weight is 371 g/mol. The van der Waals surface area contributed by atoms with Gasteiger partial charge in [-0.05, 0) is 64.2 Å². The number of tetrazole rings is 1. The second-order valence-electron chi connectivity index (χ2n) is 5.66. The van der Waals surface area contributed by atoms with Crippen LogP contribution in [0.1, 0.15) is 12.5 Å². The van der Waals surface area contributed by atoms with Crippen LogP contribution >= 0.6 is 11.8 Å². The van der Waals surface area contributed by atoms with E-state index in [0.29, 0.717) is 12.1 Å². The van der Waals surface area contributed by atoms with Crippen LogP contribution in [0.15, 0.2) is 54.9 Å². The quantitative estimate of drug-likeness (QED) is 0.689. The largest absolute Gasteiger partial charge is 0.324 e. The van der Waals surface area contributed by atoms with E-state index in [9.17, 15) is 9.18 Å². The smallest absolute Gasteiger partial charge is 0.249 e. The van der Waals surface area contributed by atoms with E-state index < -0.39 is 6.04 Å². The van der Waals surface area contributed by atoms with Crippen molar-refractivity contribution in [3.63, 3.8) is 0 Å². The maximum Gasteiger partial charge on any atom is 0.249 e. The normalized spacial score (nSPS) is 11.9. The molecule has 26 heavy (non-hydrogen) atoms. The van der Waals surface area contributed by atoms with Gasteiger partial charge in [0.25, 0.3) is 0 Å². The monoisotopic (exact) mass is 371 g/mol. The number of hydrogen-bond acceptors (Lipinski definition) is 5. The SMILES string of the molecule is CSCCC(C(=O)Nc1ccc(-c2cccc(F)c2)cc1)n1cnnn1. The van der Waals surface area contributed by atoms with Crippen LogP contribution in [-0.4, -0.2) is 38.1 Å². The Hall–Kier alpha value is -2.74. The molecule has 1 atom stereocenters. The van der Waals surface area contributed by atoms with Gasteiger partial charge >= 0.3 is 0 Å². The molecule has 1 unspecified atom stereocenters. The Labute approximate surface area is 154 Å². The number of nitrogens with one attached hydrogen (secondary N) is 1. The van der Waals surface area contributed by atoms with Gasteiger partial charge in [0.15, 0.2) is 0 Å². The molecule has 1 aromatic heterocycles. The third-order valence-electron chi connectivity index (χ3n) is 3.89. The van der Waals surface area contributed by atoms with Crippen LogP contribution in [0, 0.1) is 5.82 Å². The number of nitrogens with zero attached hydrogens (tertiary/aromatic N) is 4. The molecule has 3 aromatic rings. The maximum atomic E-state index is 13.4. The van der Waals surface area contributed by atoms with Gasteiger partial charge in [-0.2, -0.15) is 11.8 Å². The zero-order chi connectivity index (χ0) is 18.4. The van der Waals surface area contributed by atoms with Gasteiger partial charge in [0, 0.05) is 5.69 Å². The Kier molecular flexibility index (Phi) is 5.96. The molecule has 0 radical (unpaired) electrons. The predicted octanol–water partition coefficient (Wildman–Crippen LogP) is 3.41. The molecule has 0 fully saturated rings. The highest BCUT2D eigenvalue weighted by atomic mass is 32.2. The van der Waals surface area contributed by atoms with Gasteiger partial charge < -0.3 is 5.32 Å². The zero-order valence-electron chi connectivity index (χ0n) is 14.2. The highest BCUT2D eigenvalue weighted by Crippen LogP contribution is 2.23. The molecule has 3 rings (SSSR count). The molecule has 0 bridgehead atoms. The molecule has 1 heterocycles. The van der Waals surface area contributed by atoms with Crippen molar-refractivity contribution in [1.82, 2.24) is 20.2 Å². The Morgan fingerprint density at radius 3 is 2.69 bits per heavy atom. The lowest BCUT2D eigenvalue weighted by Crippen LogP contribution is -2.27. The highest BCUT2D eigenvalue weighted by Gasteiger charge is 2.21. The number of thioether (sulfide) groups is 1. The Balaban J connectivity index is 1.72. The fraction of sp³-hybridized carbons (Fsp3) is 0.222. The summed E-state index contributed by atoms with van der Waals surface area (Å²) >= 11 is 1.66. The van der Waals surface area contributed by atoms with Crippen molar-refractivity contribution in [1.29, 1.82) is 0 Å². The molecule has 0 spiro atoms. The summed E-state index contributed by atoms with van der Waals surface area (Å²) in [6, 6.07) is 13.2. The second-order valence-corrected chi connectivity index (χ2v) is 6.65. The van der Waals surface area contributed by atoms with Crippen LogP contribution in [0.25, 0.3) is 11.1 Å². The Morgan fingerprint density at radius 2 is 2.04 bits per heavy atom. The summed E-state index contributed by atoms with van der Waals surface area (Å²) in [7, 11) is 0. The number of carbonyl (C=O) groups excluding carboxylic acids is 1. The van der Waals surface area contributed by atoms with Crippen molar-refractivity contribution < 1.29 is 9.18 Å². The minimum Gasteiger partial charge on any atom is -0.324 e. The number of rotatable bonds is 7. The third-order valence-corrected chi connectivity index (χ3v) is 4.54. The first-order valence-corrected chi connectivity index (χ1v) is 9.45. The van der Waals surface area contributed by atoms with E-state index in [1.54, 1.807) is 30.0 Å². The molecule has 1 amide bonds. The number of halogens is 1. The van der Waals surface area contributed by atoms with E-state index in [1.807, 2.05) is 24.5 Å². The standard InChI is InChI=1S/C18H18FN5OS/c1-26-10-9-17(24-12-20-22-23-24)18(25)21-16-7-5-13(6-8-16)14-3-2-4-15(19)11-14/h2-8,11-12,17H,9-10H2,1H3,(H,21,25). The number of carbonyl (C=O) groups is 1. The average Bonchev–Trinajstić information content (AvgIpc) is 3.17. The molecule has 1 N–H and O–H groups in total. The summed E-state index contributed by atoms with van der Waals surface area (Å²) < 4.78 is 14.8. The zero-order valence-corrected chi connectivity index (χ0v) is 15.0. The van der Waals surface area contributed by atoms with E-state index in [4.69, 9.17) is 0 Å². The number of anilines is 1. The molecule has 6 nitrogen and oxygen atoms in total. The molecular formula is C18H18FN5OS. The van der Waals surface area contributed by atoms with Gasteiger partial charge in [-0.1, -0.05) is 24.3 Å². The van der Waals surface area contributed by atoms with Crippen molar-refractivity contribution in [3.8, 4) is 11.1 Å². The fourth-order valence-corrected chi connectivity index (χ4v) is 3.02. The topological polar surface area (TPSA) is 72.7 Å². The molecule has 0 saturated heterocycles. The minimum atomic E-state index is -0.472. The second kappa shape index (κ2) is 8.57. The molecule has 0 aliphatic carbocycles. The van der Waals surface area contributed by atoms with Gasteiger partial charge in [-0.25, -0.2) is 9.07 Å². The Bertz CT molecular complexity index is 854. The minimum absolute atomic E-state index is 0.176. The summed E-state index contributed by atoms with van der Waals surface area (Å²) in [4.78, 5) is 12.6. The fourth-order valence-electron chi connectivity index (χ4n) is 2.56. The van der Waals surface area contributed by atoms with Gasteiger partial charge in [0.2, 0.25) is 5.91 Å². The lowest BCUT2D eigenvalue weighted by atomic mass is 10.1. The van der Waals surface area contributed by atoms with E-state index in [2.05, 4.69) is 20.8 Å². The van der Waals surface area contributed by atoms with E-state index >= 15 is 0 Å². The predicted molar refractivity (Wildman–Crippen MR) is 100 cm³/mol. The summed E-state index contributed by atoms with van der Waals surface area (Å²) in [5.74, 6) is 0.360. The summed E-state index contributed by atoms with van der Waals surface area (Å²) in [6.45, 7) is 0. The summed E-state index contributed by atoms with van der Waals surface area (Å²) in [5, 5.41) is 14.0. The number of hydrogen-bond donors (Lipinski definition) is 1. The molecular weight excluding hydrogens is 353 g/mol. The Morgan fingerprint density at radius 1 is 1.23 bits per heavy atom. The van der Waals surface area contributed by atoms with Crippen LogP contribution in [0.5, 0.6) is 0 Å².